The summed E-state index contributed by atoms with van der Waals surface area (Å²) in [7, 11) is 0. The molecule has 15 heavy (non-hydrogen) atoms. The van der Waals surface area contributed by atoms with Crippen LogP contribution in [0, 0.1) is 0 Å². The Labute approximate surface area is 88.4 Å². The quantitative estimate of drug-likeness (QED) is 0.728. The molecule has 1 aliphatic rings. The molecule has 1 aliphatic heterocycles. The van der Waals surface area contributed by atoms with Crippen LogP contribution >= 0.6 is 0 Å². The first-order valence-electron chi connectivity index (χ1n) is 5.42. The maximum absolute atomic E-state index is 12.1. The van der Waals surface area contributed by atoms with Crippen LogP contribution in [0.3, 0.4) is 0 Å². The lowest BCUT2D eigenvalue weighted by molar-refractivity contribution is -0.151. The van der Waals surface area contributed by atoms with Crippen LogP contribution in [0.2, 0.25) is 0 Å². The predicted octanol–water partition coefficient (Wildman–Crippen LogP) is 2.44. The molecule has 0 N–H and O–H groups in total. The second-order valence-corrected chi connectivity index (χ2v) is 3.96. The Morgan fingerprint density at radius 2 is 1.87 bits per heavy atom. The Hall–Kier alpha value is -0.290. The molecule has 1 fully saturated rings. The lowest BCUT2D eigenvalue weighted by Gasteiger charge is -2.32. The summed E-state index contributed by atoms with van der Waals surface area (Å²) in [5.74, 6) is 0. The molecule has 0 amide bonds. The smallest absolute Gasteiger partial charge is 0.378 e. The van der Waals surface area contributed by atoms with Crippen LogP contribution in [-0.4, -0.2) is 43.4 Å². The molecular weight excluding hydrogens is 207 g/mol. The van der Waals surface area contributed by atoms with E-state index in [1.54, 1.807) is 0 Å². The van der Waals surface area contributed by atoms with Crippen molar-refractivity contribution in [3.05, 3.63) is 0 Å². The molecule has 90 valence electrons. The molecule has 0 aliphatic carbocycles. The van der Waals surface area contributed by atoms with Crippen LogP contribution in [0.1, 0.15) is 26.2 Å². The topological polar surface area (TPSA) is 12.5 Å². The van der Waals surface area contributed by atoms with E-state index >= 15 is 0 Å². The van der Waals surface area contributed by atoms with Gasteiger partial charge in [0.1, 0.15) is 0 Å². The molecule has 0 aromatic carbocycles. The summed E-state index contributed by atoms with van der Waals surface area (Å²) in [5.41, 5.74) is 0. The maximum Gasteiger partial charge on any atom is 0.401 e. The second-order valence-electron chi connectivity index (χ2n) is 3.96. The third-order valence-corrected chi connectivity index (χ3v) is 2.50. The second kappa shape index (κ2) is 5.70. The van der Waals surface area contributed by atoms with E-state index in [0.29, 0.717) is 19.7 Å². The van der Waals surface area contributed by atoms with Crippen LogP contribution in [-0.2, 0) is 4.74 Å². The summed E-state index contributed by atoms with van der Waals surface area (Å²) in [6.07, 6.45) is -1.51. The van der Waals surface area contributed by atoms with E-state index in [1.165, 1.54) is 4.90 Å². The van der Waals surface area contributed by atoms with Crippen molar-refractivity contribution in [2.24, 2.45) is 0 Å². The number of rotatable bonds is 4. The number of piperidine rings is 1. The molecule has 0 spiro atoms. The van der Waals surface area contributed by atoms with E-state index in [9.17, 15) is 13.2 Å². The van der Waals surface area contributed by atoms with Crippen LogP contribution < -0.4 is 0 Å². The molecular formula is C10H18F3NO. The number of likely N-dealkylation sites (tertiary alicyclic amines) is 1. The Bertz CT molecular complexity index is 176. The van der Waals surface area contributed by atoms with Gasteiger partial charge in [-0.25, -0.2) is 0 Å². The first kappa shape index (κ1) is 12.8. The molecule has 0 unspecified atom stereocenters. The Balaban J connectivity index is 2.18. The molecule has 1 rings (SSSR count). The van der Waals surface area contributed by atoms with Gasteiger partial charge in [0.25, 0.3) is 0 Å². The fraction of sp³-hybridized carbons (Fsp3) is 1.00. The summed E-state index contributed by atoms with van der Waals surface area (Å²) >= 11 is 0. The van der Waals surface area contributed by atoms with Gasteiger partial charge in [-0.15, -0.1) is 0 Å². The van der Waals surface area contributed by atoms with E-state index in [-0.39, 0.29) is 6.10 Å². The monoisotopic (exact) mass is 225 g/mol. The zero-order valence-corrected chi connectivity index (χ0v) is 9.02. The summed E-state index contributed by atoms with van der Waals surface area (Å²) in [4.78, 5) is 1.45. The highest BCUT2D eigenvalue weighted by Crippen LogP contribution is 2.20. The average Bonchev–Trinajstić information content (AvgIpc) is 2.14. The minimum atomic E-state index is -4.07. The Morgan fingerprint density at radius 3 is 2.33 bits per heavy atom. The summed E-state index contributed by atoms with van der Waals surface area (Å²) in [5, 5.41) is 0. The largest absolute Gasteiger partial charge is 0.401 e. The van der Waals surface area contributed by atoms with Crippen molar-refractivity contribution < 1.29 is 17.9 Å². The molecule has 0 saturated carbocycles. The van der Waals surface area contributed by atoms with E-state index in [1.807, 2.05) is 6.92 Å². The van der Waals surface area contributed by atoms with Crippen molar-refractivity contribution in [1.29, 1.82) is 0 Å². The third-order valence-electron chi connectivity index (χ3n) is 2.50. The van der Waals surface area contributed by atoms with E-state index in [4.69, 9.17) is 4.74 Å². The highest BCUT2D eigenvalue weighted by atomic mass is 19.4. The number of hydrogen-bond donors (Lipinski definition) is 0. The minimum Gasteiger partial charge on any atom is -0.378 e. The number of hydrogen-bond acceptors (Lipinski definition) is 2. The van der Waals surface area contributed by atoms with Crippen molar-refractivity contribution in [2.75, 3.05) is 26.2 Å². The molecule has 0 aromatic rings. The molecule has 5 heteroatoms. The van der Waals surface area contributed by atoms with Crippen molar-refractivity contribution in [1.82, 2.24) is 4.90 Å². The number of alkyl halides is 3. The first-order valence-corrected chi connectivity index (χ1v) is 5.42. The average molecular weight is 225 g/mol. The zero-order valence-electron chi connectivity index (χ0n) is 9.02. The van der Waals surface area contributed by atoms with Crippen LogP contribution in [0.4, 0.5) is 13.2 Å². The van der Waals surface area contributed by atoms with Gasteiger partial charge in [0.05, 0.1) is 12.6 Å². The van der Waals surface area contributed by atoms with Gasteiger partial charge in [-0.1, -0.05) is 6.92 Å². The number of nitrogens with zero attached hydrogens (tertiary/aromatic N) is 1. The predicted molar refractivity (Wildman–Crippen MR) is 51.8 cm³/mol. The van der Waals surface area contributed by atoms with Crippen molar-refractivity contribution in [3.63, 3.8) is 0 Å². The van der Waals surface area contributed by atoms with Gasteiger partial charge in [0.2, 0.25) is 0 Å². The number of ether oxygens (including phenoxy) is 1. The summed E-state index contributed by atoms with van der Waals surface area (Å²) in [6, 6.07) is 0. The lowest BCUT2D eigenvalue weighted by Crippen LogP contribution is -2.42. The fourth-order valence-corrected chi connectivity index (χ4v) is 1.77. The van der Waals surface area contributed by atoms with E-state index in [2.05, 4.69) is 0 Å². The molecule has 0 bridgehead atoms. The van der Waals surface area contributed by atoms with Gasteiger partial charge < -0.3 is 4.74 Å². The van der Waals surface area contributed by atoms with Crippen molar-refractivity contribution in [2.45, 2.75) is 38.5 Å². The Kier molecular flexibility index (Phi) is 4.86. The van der Waals surface area contributed by atoms with Gasteiger partial charge in [-0.3, -0.25) is 4.90 Å². The third kappa shape index (κ3) is 5.37. The highest BCUT2D eigenvalue weighted by Gasteiger charge is 2.32. The van der Waals surface area contributed by atoms with Crippen LogP contribution in [0.25, 0.3) is 0 Å². The zero-order chi connectivity index (χ0) is 11.3. The maximum atomic E-state index is 12.1. The summed E-state index contributed by atoms with van der Waals surface area (Å²) < 4.78 is 41.7. The molecule has 0 radical (unpaired) electrons. The minimum absolute atomic E-state index is 0.162. The lowest BCUT2D eigenvalue weighted by atomic mass is 10.1. The first-order chi connectivity index (χ1) is 7.01. The molecule has 1 heterocycles. The van der Waals surface area contributed by atoms with Gasteiger partial charge in [-0.05, 0) is 19.3 Å². The van der Waals surface area contributed by atoms with Gasteiger partial charge in [-0.2, -0.15) is 13.2 Å². The fourth-order valence-electron chi connectivity index (χ4n) is 1.77. The van der Waals surface area contributed by atoms with E-state index in [0.717, 1.165) is 19.3 Å². The van der Waals surface area contributed by atoms with Gasteiger partial charge >= 0.3 is 6.18 Å². The molecule has 1 saturated heterocycles. The van der Waals surface area contributed by atoms with E-state index < -0.39 is 12.7 Å². The number of halogens is 3. The standard InChI is InChI=1S/C10H18F3NO/c1-2-7-15-9-3-5-14(6-4-9)8-10(11,12)13/h9H,2-8H2,1H3. The summed E-state index contributed by atoms with van der Waals surface area (Å²) in [6.45, 7) is 2.94. The van der Waals surface area contributed by atoms with Crippen molar-refractivity contribution in [3.8, 4) is 0 Å². The van der Waals surface area contributed by atoms with Gasteiger partial charge in [0, 0.05) is 19.7 Å². The molecule has 0 atom stereocenters. The highest BCUT2D eigenvalue weighted by molar-refractivity contribution is 4.74. The van der Waals surface area contributed by atoms with Crippen molar-refractivity contribution >= 4 is 0 Å². The Morgan fingerprint density at radius 1 is 1.27 bits per heavy atom. The normalized spacial score (nSPS) is 20.8. The van der Waals surface area contributed by atoms with Crippen LogP contribution in [0.15, 0.2) is 0 Å². The van der Waals surface area contributed by atoms with Gasteiger partial charge in [0.15, 0.2) is 0 Å². The van der Waals surface area contributed by atoms with Crippen LogP contribution in [0.5, 0.6) is 0 Å². The molecule has 2 nitrogen and oxygen atoms in total. The molecule has 0 aromatic heterocycles. The SMILES string of the molecule is CCCOC1CCN(CC(F)(F)F)CC1.